The van der Waals surface area contributed by atoms with E-state index in [4.69, 9.17) is 26.8 Å². The molecule has 0 radical (unpaired) electrons. The number of carbonyl (C=O) groups excluding carboxylic acids is 2. The zero-order chi connectivity index (χ0) is 17.9. The molecule has 0 spiro atoms. The lowest BCUT2D eigenvalue weighted by Crippen LogP contribution is -2.36. The minimum absolute atomic E-state index is 0.128. The van der Waals surface area contributed by atoms with Crippen LogP contribution in [-0.4, -0.2) is 25.7 Å². The Bertz CT molecular complexity index is 740. The molecule has 1 atom stereocenters. The summed E-state index contributed by atoms with van der Waals surface area (Å²) >= 11 is 6.30. The predicted molar refractivity (Wildman–Crippen MR) is 89.9 cm³/mol. The highest BCUT2D eigenvalue weighted by Gasteiger charge is 2.39. The van der Waals surface area contributed by atoms with Gasteiger partial charge in [0.1, 0.15) is 5.82 Å². The van der Waals surface area contributed by atoms with Crippen molar-refractivity contribution < 1.29 is 19.1 Å². The van der Waals surface area contributed by atoms with E-state index in [0.29, 0.717) is 16.3 Å². The molecule has 0 aliphatic carbocycles. The lowest BCUT2D eigenvalue weighted by molar-refractivity contribution is -0.139. The Morgan fingerprint density at radius 1 is 1.25 bits per heavy atom. The molecule has 1 aliphatic heterocycles. The number of esters is 2. The fraction of sp³-hybridized carbons (Fsp3) is 0.294. The van der Waals surface area contributed by atoms with Crippen molar-refractivity contribution in [2.75, 3.05) is 13.7 Å². The van der Waals surface area contributed by atoms with Crippen LogP contribution in [0.2, 0.25) is 5.02 Å². The third kappa shape index (κ3) is 3.23. The van der Waals surface area contributed by atoms with Crippen molar-refractivity contribution in [2.24, 2.45) is 5.73 Å². The van der Waals surface area contributed by atoms with Gasteiger partial charge in [-0.3, -0.25) is 0 Å². The summed E-state index contributed by atoms with van der Waals surface area (Å²) < 4.78 is 9.99. The van der Waals surface area contributed by atoms with E-state index in [9.17, 15) is 9.59 Å². The van der Waals surface area contributed by atoms with Crippen LogP contribution in [0.3, 0.4) is 0 Å². The first-order chi connectivity index (χ1) is 11.4. The van der Waals surface area contributed by atoms with Crippen molar-refractivity contribution >= 4 is 23.5 Å². The largest absolute Gasteiger partial charge is 0.466 e. The van der Waals surface area contributed by atoms with Crippen molar-refractivity contribution in [1.82, 2.24) is 5.32 Å². The van der Waals surface area contributed by atoms with E-state index in [1.807, 2.05) is 0 Å². The first-order valence-electron chi connectivity index (χ1n) is 7.39. The molecule has 0 amide bonds. The number of hydrogen-bond acceptors (Lipinski definition) is 6. The zero-order valence-electron chi connectivity index (χ0n) is 13.7. The topological polar surface area (TPSA) is 90.6 Å². The van der Waals surface area contributed by atoms with Crippen LogP contribution in [0.4, 0.5) is 0 Å². The average Bonchev–Trinajstić information content (AvgIpc) is 2.54. The molecule has 0 saturated carbocycles. The third-order valence-corrected chi connectivity index (χ3v) is 4.05. The summed E-state index contributed by atoms with van der Waals surface area (Å²) in [7, 11) is 1.28. The van der Waals surface area contributed by atoms with Gasteiger partial charge in [0.15, 0.2) is 0 Å². The quantitative estimate of drug-likeness (QED) is 0.809. The predicted octanol–water partition coefficient (Wildman–Crippen LogP) is 2.21. The van der Waals surface area contributed by atoms with E-state index in [-0.39, 0.29) is 23.6 Å². The maximum Gasteiger partial charge on any atom is 0.338 e. The van der Waals surface area contributed by atoms with Crippen LogP contribution < -0.4 is 11.1 Å². The summed E-state index contributed by atoms with van der Waals surface area (Å²) in [5, 5.41) is 3.26. The van der Waals surface area contributed by atoms with Gasteiger partial charge >= 0.3 is 11.9 Å². The molecule has 1 aromatic carbocycles. The Hall–Kier alpha value is -2.47. The van der Waals surface area contributed by atoms with Crippen LogP contribution in [0, 0.1) is 0 Å². The molecule has 1 aromatic rings. The third-order valence-electron chi connectivity index (χ3n) is 3.71. The molecule has 6 nitrogen and oxygen atoms in total. The number of halogens is 1. The number of allylic oxidation sites excluding steroid dienone is 1. The molecule has 1 heterocycles. The summed E-state index contributed by atoms with van der Waals surface area (Å²) in [6, 6.07) is 6.95. The number of benzene rings is 1. The van der Waals surface area contributed by atoms with Gasteiger partial charge < -0.3 is 20.5 Å². The molecular weight excluding hydrogens is 332 g/mol. The molecular formula is C17H19ClN2O4. The molecule has 1 aliphatic rings. The molecule has 7 heteroatoms. The van der Waals surface area contributed by atoms with Gasteiger partial charge in [0.25, 0.3) is 0 Å². The molecule has 3 N–H and O–H groups in total. The molecule has 128 valence electrons. The monoisotopic (exact) mass is 350 g/mol. The van der Waals surface area contributed by atoms with Crippen LogP contribution in [0.5, 0.6) is 0 Å². The van der Waals surface area contributed by atoms with Crippen LogP contribution in [0.1, 0.15) is 25.3 Å². The van der Waals surface area contributed by atoms with Crippen molar-refractivity contribution in [3.05, 3.63) is 57.5 Å². The Balaban J connectivity index is 2.69. The summed E-state index contributed by atoms with van der Waals surface area (Å²) in [5.41, 5.74) is 7.50. The summed E-state index contributed by atoms with van der Waals surface area (Å²) in [6.45, 7) is 3.56. The average molecular weight is 351 g/mol. The number of nitrogens with two attached hydrogens (primary N) is 1. The minimum atomic E-state index is -0.772. The summed E-state index contributed by atoms with van der Waals surface area (Å²) in [6.07, 6.45) is 0. The fourth-order valence-electron chi connectivity index (χ4n) is 2.69. The highest BCUT2D eigenvalue weighted by molar-refractivity contribution is 6.31. The van der Waals surface area contributed by atoms with Crippen LogP contribution in [0.15, 0.2) is 46.9 Å². The van der Waals surface area contributed by atoms with E-state index in [2.05, 4.69) is 5.32 Å². The van der Waals surface area contributed by atoms with Crippen LogP contribution in [0.25, 0.3) is 0 Å². The summed E-state index contributed by atoms with van der Waals surface area (Å²) in [4.78, 5) is 24.8. The normalized spacial score (nSPS) is 17.4. The second kappa shape index (κ2) is 7.40. The number of nitrogens with one attached hydrogen (secondary N) is 1. The molecule has 0 saturated heterocycles. The maximum absolute atomic E-state index is 12.4. The van der Waals surface area contributed by atoms with Crippen molar-refractivity contribution in [2.45, 2.75) is 19.8 Å². The highest BCUT2D eigenvalue weighted by Crippen LogP contribution is 2.40. The van der Waals surface area contributed by atoms with Gasteiger partial charge in [-0.15, -0.1) is 0 Å². The van der Waals surface area contributed by atoms with E-state index in [0.717, 1.165) is 0 Å². The molecule has 0 aromatic heterocycles. The fourth-order valence-corrected chi connectivity index (χ4v) is 2.94. The van der Waals surface area contributed by atoms with Crippen molar-refractivity contribution in [1.29, 1.82) is 0 Å². The lowest BCUT2D eigenvalue weighted by Gasteiger charge is -2.30. The molecule has 24 heavy (non-hydrogen) atoms. The second-order valence-electron chi connectivity index (χ2n) is 5.16. The van der Waals surface area contributed by atoms with Gasteiger partial charge in [-0.05, 0) is 25.5 Å². The molecule has 0 bridgehead atoms. The number of methoxy groups -OCH3 is 1. The van der Waals surface area contributed by atoms with Crippen molar-refractivity contribution in [3.8, 4) is 0 Å². The summed E-state index contributed by atoms with van der Waals surface area (Å²) in [5.74, 6) is -1.82. The van der Waals surface area contributed by atoms with Gasteiger partial charge in [0.05, 0.1) is 30.8 Å². The SMILES string of the molecule is CCOC(=O)C1=C(N)NC(C)=C(C(=O)OC)C1c1ccccc1Cl. The smallest absolute Gasteiger partial charge is 0.338 e. The van der Waals surface area contributed by atoms with E-state index >= 15 is 0 Å². The van der Waals surface area contributed by atoms with E-state index in [1.54, 1.807) is 38.1 Å². The Morgan fingerprint density at radius 3 is 2.50 bits per heavy atom. The maximum atomic E-state index is 12.4. The first-order valence-corrected chi connectivity index (χ1v) is 7.77. The number of dihydropyridines is 1. The number of carbonyl (C=O) groups is 2. The van der Waals surface area contributed by atoms with E-state index < -0.39 is 17.9 Å². The van der Waals surface area contributed by atoms with Gasteiger partial charge in [-0.1, -0.05) is 29.8 Å². The zero-order valence-corrected chi connectivity index (χ0v) is 14.4. The number of ether oxygens (including phenoxy) is 2. The number of hydrogen-bond donors (Lipinski definition) is 2. The molecule has 0 fully saturated rings. The van der Waals surface area contributed by atoms with Gasteiger partial charge in [-0.25, -0.2) is 9.59 Å². The van der Waals surface area contributed by atoms with Crippen LogP contribution >= 0.6 is 11.6 Å². The Kier molecular flexibility index (Phi) is 5.51. The number of rotatable bonds is 4. The van der Waals surface area contributed by atoms with Gasteiger partial charge in [-0.2, -0.15) is 0 Å². The van der Waals surface area contributed by atoms with Crippen molar-refractivity contribution in [3.63, 3.8) is 0 Å². The lowest BCUT2D eigenvalue weighted by atomic mass is 9.81. The standard InChI is InChI=1S/C17H19ClN2O4/c1-4-24-17(22)14-13(10-7-5-6-8-11(10)18)12(16(21)23-3)9(2)20-15(14)19/h5-8,13,20H,4,19H2,1-3H3. The first kappa shape index (κ1) is 17.9. The minimum Gasteiger partial charge on any atom is -0.466 e. The molecule has 1 unspecified atom stereocenters. The van der Waals surface area contributed by atoms with Gasteiger partial charge in [0, 0.05) is 10.7 Å². The van der Waals surface area contributed by atoms with E-state index in [1.165, 1.54) is 7.11 Å². The molecule has 2 rings (SSSR count). The Labute approximate surface area is 145 Å². The Morgan fingerprint density at radius 2 is 1.92 bits per heavy atom. The van der Waals surface area contributed by atoms with Crippen LogP contribution in [-0.2, 0) is 19.1 Å². The highest BCUT2D eigenvalue weighted by atomic mass is 35.5. The van der Waals surface area contributed by atoms with Gasteiger partial charge in [0.2, 0.25) is 0 Å². The second-order valence-corrected chi connectivity index (χ2v) is 5.56.